The summed E-state index contributed by atoms with van der Waals surface area (Å²) in [5, 5.41) is 4.25. The number of oxime groups is 1. The van der Waals surface area contributed by atoms with Crippen molar-refractivity contribution in [1.29, 1.82) is 0 Å². The van der Waals surface area contributed by atoms with Gasteiger partial charge < -0.3 is 9.47 Å². The van der Waals surface area contributed by atoms with E-state index < -0.39 is 12.2 Å². The fraction of sp³-hybridized carbons (Fsp3) is 0.211. The highest BCUT2D eigenvalue weighted by Gasteiger charge is 2.19. The van der Waals surface area contributed by atoms with Gasteiger partial charge >= 0.3 is 12.2 Å². The summed E-state index contributed by atoms with van der Waals surface area (Å²) >= 11 is 2.17. The fourth-order valence-electron chi connectivity index (χ4n) is 1.81. The number of hydrogen-bond donors (Lipinski definition) is 0. The second-order valence-corrected chi connectivity index (χ2v) is 7.76. The van der Waals surface area contributed by atoms with Gasteiger partial charge in [-0.3, -0.25) is 4.84 Å². The lowest BCUT2D eigenvalue weighted by Crippen LogP contribution is -2.30. The van der Waals surface area contributed by atoms with Crippen LogP contribution in [0.4, 0.5) is 9.59 Å². The van der Waals surface area contributed by atoms with E-state index in [1.54, 1.807) is 31.2 Å². The molecule has 0 fully saturated rings. The largest absolute Gasteiger partial charge is 0.457 e. The maximum Gasteiger partial charge on any atom is 0.447 e. The van der Waals surface area contributed by atoms with E-state index in [1.165, 1.54) is 25.9 Å². The van der Waals surface area contributed by atoms with E-state index in [9.17, 15) is 9.59 Å². The smallest absolute Gasteiger partial charge is 0.447 e. The summed E-state index contributed by atoms with van der Waals surface area (Å²) in [7, 11) is 2.93. The van der Waals surface area contributed by atoms with Crippen molar-refractivity contribution in [2.24, 2.45) is 5.16 Å². The van der Waals surface area contributed by atoms with Crippen molar-refractivity contribution in [3.63, 3.8) is 0 Å². The summed E-state index contributed by atoms with van der Waals surface area (Å²) in [6.45, 7) is 1.71. The van der Waals surface area contributed by atoms with Crippen LogP contribution in [0.1, 0.15) is 6.92 Å². The maximum atomic E-state index is 12.2. The van der Waals surface area contributed by atoms with Gasteiger partial charge in [-0.05, 0) is 49.6 Å². The van der Waals surface area contributed by atoms with Crippen LogP contribution in [0.3, 0.4) is 0 Å². The van der Waals surface area contributed by atoms with Crippen molar-refractivity contribution in [1.82, 2.24) is 8.61 Å². The Morgan fingerprint density at radius 1 is 0.862 bits per heavy atom. The van der Waals surface area contributed by atoms with E-state index in [4.69, 9.17) is 14.3 Å². The molecule has 0 bridgehead atoms. The highest BCUT2D eigenvalue weighted by atomic mass is 32.2. The molecule has 0 spiro atoms. The number of benzene rings is 2. The van der Waals surface area contributed by atoms with Crippen LogP contribution in [0.5, 0.6) is 17.2 Å². The Balaban J connectivity index is 1.84. The third kappa shape index (κ3) is 7.59. The van der Waals surface area contributed by atoms with Crippen molar-refractivity contribution < 1.29 is 23.9 Å². The first-order valence-corrected chi connectivity index (χ1v) is 10.3. The number of amides is 2. The Bertz CT molecular complexity index is 847. The summed E-state index contributed by atoms with van der Waals surface area (Å²) in [6.07, 6.45) is 0.440. The molecule has 0 aliphatic rings. The van der Waals surface area contributed by atoms with E-state index in [0.29, 0.717) is 22.3 Å². The van der Waals surface area contributed by atoms with Gasteiger partial charge in [0.1, 0.15) is 22.3 Å². The van der Waals surface area contributed by atoms with Gasteiger partial charge in [0, 0.05) is 14.1 Å². The van der Waals surface area contributed by atoms with Gasteiger partial charge in [0.2, 0.25) is 0 Å². The van der Waals surface area contributed by atoms with Crippen molar-refractivity contribution in [2.75, 3.05) is 20.4 Å². The molecule has 0 heterocycles. The van der Waals surface area contributed by atoms with Crippen LogP contribution in [-0.4, -0.2) is 46.2 Å². The standard InChI is InChI=1S/C19H21N3O5S2/c1-14(28-4)20-27-19(24)22(3)29-21(2)18(23)26-17-12-10-16(11-13-17)25-15-8-6-5-7-9-15/h5-13H,1-4H3/b20-14-. The highest BCUT2D eigenvalue weighted by molar-refractivity contribution is 8.13. The van der Waals surface area contributed by atoms with Crippen LogP contribution in [0.15, 0.2) is 59.8 Å². The van der Waals surface area contributed by atoms with Crippen LogP contribution in [0.25, 0.3) is 0 Å². The SMILES string of the molecule is CS/C(C)=N\OC(=O)N(C)SN(C)C(=O)Oc1ccc(Oc2ccccc2)cc1. The predicted octanol–water partition coefficient (Wildman–Crippen LogP) is 5.24. The highest BCUT2D eigenvalue weighted by Crippen LogP contribution is 2.24. The Kier molecular flexibility index (Phi) is 8.68. The molecule has 2 aromatic carbocycles. The lowest BCUT2D eigenvalue weighted by Gasteiger charge is -2.20. The van der Waals surface area contributed by atoms with Gasteiger partial charge in [0.25, 0.3) is 0 Å². The molecule has 2 rings (SSSR count). The van der Waals surface area contributed by atoms with Crippen LogP contribution in [-0.2, 0) is 4.84 Å². The molecule has 0 unspecified atom stereocenters. The molecule has 0 radical (unpaired) electrons. The number of para-hydroxylation sites is 1. The Morgan fingerprint density at radius 2 is 1.41 bits per heavy atom. The number of rotatable bonds is 6. The zero-order valence-electron chi connectivity index (χ0n) is 16.4. The molecule has 0 aromatic heterocycles. The third-order valence-corrected chi connectivity index (χ3v) is 4.77. The number of carbonyl (C=O) groups excluding carboxylic acids is 2. The monoisotopic (exact) mass is 435 g/mol. The second kappa shape index (κ2) is 11.2. The number of hydrogen-bond acceptors (Lipinski definition) is 8. The topological polar surface area (TPSA) is 80.7 Å². The van der Waals surface area contributed by atoms with Crippen LogP contribution in [0.2, 0.25) is 0 Å². The van der Waals surface area contributed by atoms with E-state index in [-0.39, 0.29) is 0 Å². The summed E-state index contributed by atoms with van der Waals surface area (Å²) in [6, 6.07) is 16.0. The van der Waals surface area contributed by atoms with Crippen molar-refractivity contribution in [3.8, 4) is 17.2 Å². The van der Waals surface area contributed by atoms with E-state index in [1.807, 2.05) is 36.6 Å². The van der Waals surface area contributed by atoms with Gasteiger partial charge in [0.05, 0.1) is 12.1 Å². The normalized spacial score (nSPS) is 10.8. The van der Waals surface area contributed by atoms with Gasteiger partial charge in [0.15, 0.2) is 0 Å². The predicted molar refractivity (Wildman–Crippen MR) is 115 cm³/mol. The molecule has 2 aromatic rings. The molecule has 0 atom stereocenters. The zero-order valence-corrected chi connectivity index (χ0v) is 18.0. The molecule has 8 nitrogen and oxygen atoms in total. The van der Waals surface area contributed by atoms with Crippen molar-refractivity contribution in [3.05, 3.63) is 54.6 Å². The third-order valence-electron chi connectivity index (χ3n) is 3.31. The zero-order chi connectivity index (χ0) is 21.2. The Hall–Kier alpha value is -2.85. The number of ether oxygens (including phenoxy) is 2. The second-order valence-electron chi connectivity index (χ2n) is 5.50. The lowest BCUT2D eigenvalue weighted by molar-refractivity contribution is 0.136. The first kappa shape index (κ1) is 22.4. The molecule has 29 heavy (non-hydrogen) atoms. The summed E-state index contributed by atoms with van der Waals surface area (Å²) in [5.74, 6) is 1.66. The minimum atomic E-state index is -0.717. The van der Waals surface area contributed by atoms with Crippen molar-refractivity contribution >= 4 is 41.1 Å². The summed E-state index contributed by atoms with van der Waals surface area (Å²) < 4.78 is 13.2. The quantitative estimate of drug-likeness (QED) is 0.202. The minimum absolute atomic E-state index is 0.341. The summed E-state index contributed by atoms with van der Waals surface area (Å²) in [5.41, 5.74) is 0. The van der Waals surface area contributed by atoms with Gasteiger partial charge in [-0.1, -0.05) is 23.4 Å². The number of nitrogens with zero attached hydrogens (tertiary/aromatic N) is 3. The molecule has 154 valence electrons. The first-order valence-electron chi connectivity index (χ1n) is 8.39. The molecule has 10 heteroatoms. The molecule has 0 saturated carbocycles. The molecule has 2 amide bonds. The first-order chi connectivity index (χ1) is 13.9. The van der Waals surface area contributed by atoms with E-state index >= 15 is 0 Å². The fourth-order valence-corrected chi connectivity index (χ4v) is 2.50. The van der Waals surface area contributed by atoms with E-state index in [2.05, 4.69) is 5.16 Å². The molecular formula is C19H21N3O5S2. The average Bonchev–Trinajstić information content (AvgIpc) is 2.73. The van der Waals surface area contributed by atoms with Crippen LogP contribution < -0.4 is 9.47 Å². The molecule has 0 N–H and O–H groups in total. The van der Waals surface area contributed by atoms with Gasteiger partial charge in [-0.2, -0.15) is 0 Å². The maximum absolute atomic E-state index is 12.2. The Labute approximate surface area is 178 Å². The van der Waals surface area contributed by atoms with Crippen molar-refractivity contribution in [2.45, 2.75) is 6.92 Å². The van der Waals surface area contributed by atoms with Crippen LogP contribution >= 0.6 is 23.9 Å². The average molecular weight is 436 g/mol. The molecular weight excluding hydrogens is 414 g/mol. The number of thioether (sulfide) groups is 1. The minimum Gasteiger partial charge on any atom is -0.457 e. The number of carbonyl (C=O) groups is 2. The molecule has 0 saturated heterocycles. The Morgan fingerprint density at radius 3 is 2.03 bits per heavy atom. The van der Waals surface area contributed by atoms with Gasteiger partial charge in [-0.25, -0.2) is 18.2 Å². The summed E-state index contributed by atoms with van der Waals surface area (Å²) in [4.78, 5) is 28.8. The molecule has 0 aliphatic heterocycles. The lowest BCUT2D eigenvalue weighted by atomic mass is 10.3. The van der Waals surface area contributed by atoms with Crippen LogP contribution in [0, 0.1) is 0 Å². The van der Waals surface area contributed by atoms with Gasteiger partial charge in [-0.15, -0.1) is 11.8 Å². The molecule has 0 aliphatic carbocycles. The van der Waals surface area contributed by atoms with E-state index in [0.717, 1.165) is 20.7 Å².